The Morgan fingerprint density at radius 3 is 2.45 bits per heavy atom. The van der Waals surface area contributed by atoms with Gasteiger partial charge < -0.3 is 5.32 Å². The first-order chi connectivity index (χ1) is 13.9. The summed E-state index contributed by atoms with van der Waals surface area (Å²) < 4.78 is 26.6. The van der Waals surface area contributed by atoms with Crippen molar-refractivity contribution in [1.82, 2.24) is 9.29 Å². The highest BCUT2D eigenvalue weighted by atomic mass is 32.2. The summed E-state index contributed by atoms with van der Waals surface area (Å²) in [5, 5.41) is 6.37. The third kappa shape index (κ3) is 3.82. The number of amides is 1. The van der Waals surface area contributed by atoms with Gasteiger partial charge in [0.1, 0.15) is 10.0 Å². The molecule has 0 unspecified atom stereocenters. The van der Waals surface area contributed by atoms with Crippen LogP contribution in [-0.4, -0.2) is 37.7 Å². The summed E-state index contributed by atoms with van der Waals surface area (Å²) >= 11 is 2.99. The third-order valence-electron chi connectivity index (χ3n) is 4.31. The van der Waals surface area contributed by atoms with Gasteiger partial charge in [0.05, 0.1) is 15.1 Å². The number of nitrogens with zero attached hydrogens (tertiary/aromatic N) is 2. The molecule has 1 N–H and O–H groups in total. The maximum absolute atomic E-state index is 12.7. The first kappa shape index (κ1) is 19.7. The van der Waals surface area contributed by atoms with Gasteiger partial charge in [0.25, 0.3) is 5.91 Å². The van der Waals surface area contributed by atoms with Crippen LogP contribution in [0.3, 0.4) is 0 Å². The van der Waals surface area contributed by atoms with E-state index in [2.05, 4.69) is 10.3 Å². The molecule has 29 heavy (non-hydrogen) atoms. The van der Waals surface area contributed by atoms with Crippen LogP contribution in [0.2, 0.25) is 0 Å². The monoisotopic (exact) mass is 443 g/mol. The van der Waals surface area contributed by atoms with Crippen molar-refractivity contribution < 1.29 is 13.2 Å². The Morgan fingerprint density at radius 2 is 1.76 bits per heavy atom. The van der Waals surface area contributed by atoms with Crippen molar-refractivity contribution >= 4 is 53.8 Å². The van der Waals surface area contributed by atoms with E-state index in [1.807, 2.05) is 35.7 Å². The summed E-state index contributed by atoms with van der Waals surface area (Å²) in [5.74, 6) is -0.302. The van der Waals surface area contributed by atoms with Gasteiger partial charge in [-0.3, -0.25) is 4.79 Å². The molecule has 0 saturated heterocycles. The normalized spacial score (nSPS) is 11.8. The minimum absolute atomic E-state index is 0.144. The molecule has 0 aliphatic heterocycles. The number of carbonyl (C=O) groups is 1. The molecule has 1 amide bonds. The number of rotatable bonds is 5. The molecular formula is C20H17N3O3S3. The Labute approximate surface area is 176 Å². The molecule has 2 aromatic heterocycles. The van der Waals surface area contributed by atoms with E-state index in [0.717, 1.165) is 25.1 Å². The number of carbonyl (C=O) groups excluding carboxylic acids is 1. The molecule has 4 rings (SSSR count). The van der Waals surface area contributed by atoms with Gasteiger partial charge in [-0.25, -0.2) is 17.7 Å². The number of para-hydroxylation sites is 1. The Kier molecular flexibility index (Phi) is 5.22. The minimum Gasteiger partial charge on any atom is -0.313 e. The first-order valence-electron chi connectivity index (χ1n) is 8.63. The number of aromatic nitrogens is 1. The fraction of sp³-hybridized carbons (Fsp3) is 0.100. The molecule has 0 saturated carbocycles. The lowest BCUT2D eigenvalue weighted by Gasteiger charge is -2.11. The predicted molar refractivity (Wildman–Crippen MR) is 118 cm³/mol. The van der Waals surface area contributed by atoms with Gasteiger partial charge in [-0.05, 0) is 47.8 Å². The molecule has 6 nitrogen and oxygen atoms in total. The lowest BCUT2D eigenvalue weighted by molar-refractivity contribution is 0.102. The highest BCUT2D eigenvalue weighted by molar-refractivity contribution is 7.89. The van der Waals surface area contributed by atoms with Crippen molar-refractivity contribution in [1.29, 1.82) is 0 Å². The van der Waals surface area contributed by atoms with Crippen molar-refractivity contribution in [3.63, 3.8) is 0 Å². The molecule has 0 fully saturated rings. The first-order valence-corrected chi connectivity index (χ1v) is 11.8. The van der Waals surface area contributed by atoms with Gasteiger partial charge in [0.15, 0.2) is 0 Å². The molecule has 2 heterocycles. The van der Waals surface area contributed by atoms with Crippen LogP contribution in [0.1, 0.15) is 10.4 Å². The van der Waals surface area contributed by atoms with Crippen LogP contribution in [0, 0.1) is 0 Å². The number of benzene rings is 2. The largest absolute Gasteiger partial charge is 0.313 e. The number of thiophene rings is 1. The maximum atomic E-state index is 12.7. The average molecular weight is 444 g/mol. The molecule has 0 aliphatic rings. The number of fused-ring (bicyclic) bond motifs is 1. The zero-order valence-corrected chi connectivity index (χ0v) is 18.1. The van der Waals surface area contributed by atoms with Crippen molar-refractivity contribution in [3.05, 3.63) is 65.5 Å². The van der Waals surface area contributed by atoms with E-state index in [9.17, 15) is 13.2 Å². The second-order valence-corrected chi connectivity index (χ2v) is 10.5. The van der Waals surface area contributed by atoms with Crippen LogP contribution in [0.4, 0.5) is 5.00 Å². The number of anilines is 1. The van der Waals surface area contributed by atoms with Gasteiger partial charge in [-0.1, -0.05) is 12.1 Å². The Balaban J connectivity index is 1.58. The molecule has 0 radical (unpaired) electrons. The summed E-state index contributed by atoms with van der Waals surface area (Å²) in [7, 11) is -0.591. The number of hydrogen-bond acceptors (Lipinski definition) is 6. The molecule has 9 heteroatoms. The second-order valence-electron chi connectivity index (χ2n) is 6.42. The van der Waals surface area contributed by atoms with E-state index < -0.39 is 10.0 Å². The standard InChI is InChI=1S/C20H17N3O3S3/c1-23(2)29(25,26)14-9-7-13(8-10-14)18(24)22-19-15(11-12-27-19)20-21-16-5-3-4-6-17(16)28-20/h3-12H,1-2H3,(H,22,24). The van der Waals surface area contributed by atoms with E-state index in [4.69, 9.17) is 0 Å². The van der Waals surface area contributed by atoms with E-state index in [1.165, 1.54) is 49.7 Å². The maximum Gasteiger partial charge on any atom is 0.256 e. The van der Waals surface area contributed by atoms with Crippen molar-refractivity contribution in [3.8, 4) is 10.6 Å². The quantitative estimate of drug-likeness (QED) is 0.492. The Bertz CT molecular complexity index is 1260. The van der Waals surface area contributed by atoms with Gasteiger partial charge in [0, 0.05) is 25.2 Å². The van der Waals surface area contributed by atoms with Crippen LogP contribution in [0.15, 0.2) is 64.9 Å². The number of hydrogen-bond donors (Lipinski definition) is 1. The summed E-state index contributed by atoms with van der Waals surface area (Å²) in [4.78, 5) is 17.5. The second kappa shape index (κ2) is 7.68. The van der Waals surface area contributed by atoms with Crippen molar-refractivity contribution in [2.45, 2.75) is 4.90 Å². The molecule has 4 aromatic rings. The number of thiazole rings is 1. The summed E-state index contributed by atoms with van der Waals surface area (Å²) in [6, 6.07) is 15.7. The summed E-state index contributed by atoms with van der Waals surface area (Å²) in [6.07, 6.45) is 0. The Morgan fingerprint density at radius 1 is 1.03 bits per heavy atom. The van der Waals surface area contributed by atoms with Crippen LogP contribution < -0.4 is 5.32 Å². The van der Waals surface area contributed by atoms with Crippen molar-refractivity contribution in [2.75, 3.05) is 19.4 Å². The van der Waals surface area contributed by atoms with Crippen LogP contribution >= 0.6 is 22.7 Å². The van der Waals surface area contributed by atoms with Gasteiger partial charge in [-0.15, -0.1) is 22.7 Å². The zero-order chi connectivity index (χ0) is 20.6. The smallest absolute Gasteiger partial charge is 0.256 e. The lowest BCUT2D eigenvalue weighted by Crippen LogP contribution is -2.22. The fourth-order valence-corrected chi connectivity index (χ4v) is 5.47. The molecule has 148 valence electrons. The van der Waals surface area contributed by atoms with Gasteiger partial charge in [0.2, 0.25) is 10.0 Å². The van der Waals surface area contributed by atoms with E-state index >= 15 is 0 Å². The van der Waals surface area contributed by atoms with Gasteiger partial charge >= 0.3 is 0 Å². The van der Waals surface area contributed by atoms with Gasteiger partial charge in [-0.2, -0.15) is 0 Å². The summed E-state index contributed by atoms with van der Waals surface area (Å²) in [6.45, 7) is 0. The minimum atomic E-state index is -3.53. The highest BCUT2D eigenvalue weighted by Crippen LogP contribution is 2.37. The number of nitrogens with one attached hydrogen (secondary N) is 1. The summed E-state index contributed by atoms with van der Waals surface area (Å²) in [5.41, 5.74) is 2.18. The molecule has 0 aliphatic carbocycles. The fourth-order valence-electron chi connectivity index (χ4n) is 2.73. The SMILES string of the molecule is CN(C)S(=O)(=O)c1ccc(C(=O)Nc2sccc2-c2nc3ccccc3s2)cc1. The number of sulfonamides is 1. The molecule has 0 bridgehead atoms. The zero-order valence-electron chi connectivity index (χ0n) is 15.6. The Hall–Kier alpha value is -2.59. The molecular weight excluding hydrogens is 426 g/mol. The van der Waals surface area contributed by atoms with Crippen LogP contribution in [-0.2, 0) is 10.0 Å². The predicted octanol–water partition coefficient (Wildman–Crippen LogP) is 4.53. The van der Waals surface area contributed by atoms with E-state index in [1.54, 1.807) is 11.3 Å². The average Bonchev–Trinajstić information content (AvgIpc) is 3.34. The third-order valence-corrected chi connectivity index (χ3v) is 8.04. The van der Waals surface area contributed by atoms with Crippen LogP contribution in [0.5, 0.6) is 0 Å². The molecule has 0 spiro atoms. The van der Waals surface area contributed by atoms with E-state index in [0.29, 0.717) is 10.6 Å². The van der Waals surface area contributed by atoms with Crippen LogP contribution in [0.25, 0.3) is 20.8 Å². The lowest BCUT2D eigenvalue weighted by atomic mass is 10.2. The topological polar surface area (TPSA) is 79.4 Å². The molecule has 2 aromatic carbocycles. The molecule has 0 atom stereocenters. The highest BCUT2D eigenvalue weighted by Gasteiger charge is 2.19. The van der Waals surface area contributed by atoms with E-state index in [-0.39, 0.29) is 10.8 Å². The van der Waals surface area contributed by atoms with Crippen molar-refractivity contribution in [2.24, 2.45) is 0 Å².